The third kappa shape index (κ3) is 4.55. The first-order valence-corrected chi connectivity index (χ1v) is 10.1. The summed E-state index contributed by atoms with van der Waals surface area (Å²) in [5.41, 5.74) is 14.6. The van der Waals surface area contributed by atoms with Crippen molar-refractivity contribution in [1.82, 2.24) is 15.0 Å². The van der Waals surface area contributed by atoms with Crippen molar-refractivity contribution in [2.75, 3.05) is 10.6 Å². The zero-order chi connectivity index (χ0) is 20.9. The number of carbonyl (C=O) groups excluding carboxylic acids is 1. The molecule has 3 aromatic rings. The van der Waals surface area contributed by atoms with E-state index in [1.165, 1.54) is 6.20 Å². The molecule has 0 spiro atoms. The Morgan fingerprint density at radius 2 is 1.83 bits per heavy atom. The van der Waals surface area contributed by atoms with E-state index in [1.54, 1.807) is 6.20 Å². The average molecular weight is 403 g/mol. The van der Waals surface area contributed by atoms with Crippen molar-refractivity contribution in [2.24, 2.45) is 11.5 Å². The molecule has 1 aliphatic rings. The Balaban J connectivity index is 1.55. The van der Waals surface area contributed by atoms with Gasteiger partial charge in [0.15, 0.2) is 0 Å². The maximum Gasteiger partial charge on any atom is 0.254 e. The topological polar surface area (TPSA) is 132 Å². The summed E-state index contributed by atoms with van der Waals surface area (Å²) < 4.78 is 0. The van der Waals surface area contributed by atoms with Crippen LogP contribution in [0.4, 0.5) is 17.5 Å². The molecule has 1 fully saturated rings. The second kappa shape index (κ2) is 8.87. The number of hydrogen-bond acceptors (Lipinski definition) is 7. The third-order valence-electron chi connectivity index (χ3n) is 5.30. The summed E-state index contributed by atoms with van der Waals surface area (Å²) in [6.45, 7) is 0. The molecule has 2 heterocycles. The van der Waals surface area contributed by atoms with Crippen molar-refractivity contribution in [1.29, 1.82) is 0 Å². The number of rotatable bonds is 6. The Bertz CT molecular complexity index is 1010. The molecule has 154 valence electrons. The molecule has 0 saturated heterocycles. The summed E-state index contributed by atoms with van der Waals surface area (Å²) in [7, 11) is 0. The molecule has 0 aliphatic heterocycles. The van der Waals surface area contributed by atoms with Crippen LogP contribution in [-0.4, -0.2) is 32.9 Å². The molecule has 0 bridgehead atoms. The molecule has 1 amide bonds. The highest BCUT2D eigenvalue weighted by atomic mass is 16.1. The van der Waals surface area contributed by atoms with E-state index in [4.69, 9.17) is 11.5 Å². The van der Waals surface area contributed by atoms with E-state index in [0.717, 1.165) is 42.6 Å². The largest absolute Gasteiger partial charge is 0.365 e. The number of aromatic nitrogens is 3. The number of hydrogen-bond donors (Lipinski definition) is 4. The molecule has 2 aromatic heterocycles. The highest BCUT2D eigenvalue weighted by Gasteiger charge is 2.23. The Kier molecular flexibility index (Phi) is 5.85. The summed E-state index contributed by atoms with van der Waals surface area (Å²) in [6, 6.07) is 13.7. The first kappa shape index (κ1) is 19.8. The number of amides is 1. The molecule has 0 radical (unpaired) electrons. The van der Waals surface area contributed by atoms with E-state index in [2.05, 4.69) is 25.6 Å². The van der Waals surface area contributed by atoms with Crippen molar-refractivity contribution in [3.05, 3.63) is 60.4 Å². The van der Waals surface area contributed by atoms with E-state index in [9.17, 15) is 4.79 Å². The molecular weight excluding hydrogens is 378 g/mol. The van der Waals surface area contributed by atoms with Crippen LogP contribution < -0.4 is 22.1 Å². The number of benzene rings is 1. The predicted molar refractivity (Wildman–Crippen MR) is 117 cm³/mol. The molecule has 1 aliphatic carbocycles. The van der Waals surface area contributed by atoms with Crippen LogP contribution in [0, 0.1) is 0 Å². The van der Waals surface area contributed by atoms with E-state index in [0.29, 0.717) is 11.8 Å². The summed E-state index contributed by atoms with van der Waals surface area (Å²) >= 11 is 0. The van der Waals surface area contributed by atoms with Gasteiger partial charge < -0.3 is 22.1 Å². The molecule has 6 N–H and O–H groups in total. The molecule has 1 aromatic carbocycles. The Morgan fingerprint density at radius 3 is 2.53 bits per heavy atom. The highest BCUT2D eigenvalue weighted by molar-refractivity contribution is 5.98. The number of pyridine rings is 1. The second-order valence-corrected chi connectivity index (χ2v) is 7.44. The van der Waals surface area contributed by atoms with Gasteiger partial charge in [0.2, 0.25) is 5.95 Å². The maximum atomic E-state index is 11.9. The van der Waals surface area contributed by atoms with E-state index < -0.39 is 5.91 Å². The van der Waals surface area contributed by atoms with Crippen LogP contribution in [0.2, 0.25) is 0 Å². The van der Waals surface area contributed by atoms with E-state index in [1.807, 2.05) is 42.5 Å². The van der Waals surface area contributed by atoms with Crippen molar-refractivity contribution >= 4 is 23.4 Å². The molecule has 8 nitrogen and oxygen atoms in total. The first-order valence-electron chi connectivity index (χ1n) is 10.1. The van der Waals surface area contributed by atoms with E-state index in [-0.39, 0.29) is 17.6 Å². The van der Waals surface area contributed by atoms with Gasteiger partial charge in [-0.05, 0) is 37.1 Å². The summed E-state index contributed by atoms with van der Waals surface area (Å²) in [4.78, 5) is 25.0. The van der Waals surface area contributed by atoms with Gasteiger partial charge in [0.25, 0.3) is 5.91 Å². The van der Waals surface area contributed by atoms with Gasteiger partial charge in [-0.15, -0.1) is 0 Å². The normalized spacial score (nSPS) is 18.6. The van der Waals surface area contributed by atoms with Crippen LogP contribution in [0.5, 0.6) is 0 Å². The zero-order valence-corrected chi connectivity index (χ0v) is 16.6. The molecule has 0 unspecified atom stereocenters. The number of nitrogens with one attached hydrogen (secondary N) is 2. The molecule has 4 rings (SSSR count). The van der Waals surface area contributed by atoms with Crippen LogP contribution in [0.15, 0.2) is 54.9 Å². The van der Waals surface area contributed by atoms with Crippen LogP contribution in [0.25, 0.3) is 11.3 Å². The lowest BCUT2D eigenvalue weighted by molar-refractivity contribution is 0.100. The Morgan fingerprint density at radius 1 is 1.03 bits per heavy atom. The van der Waals surface area contributed by atoms with Crippen molar-refractivity contribution in [3.8, 4) is 11.3 Å². The minimum atomic E-state index is -0.594. The fourth-order valence-corrected chi connectivity index (χ4v) is 3.63. The zero-order valence-electron chi connectivity index (χ0n) is 16.6. The number of anilines is 3. The standard InChI is InChI=1S/C22H25N7O/c23-17-5-1-2-7-19(17)28-22-26-13-16(20(24)30)21(29-22)27-15-10-8-14(9-11-15)18-6-3-4-12-25-18/h3-4,6,8-13,17,19H,1-2,5,7,23H2,(H2,24,30)(H2,26,27,28,29)/t17-,19+/m0/s1. The van der Waals surface area contributed by atoms with Gasteiger partial charge in [-0.25, -0.2) is 4.98 Å². The van der Waals surface area contributed by atoms with Crippen molar-refractivity contribution in [3.63, 3.8) is 0 Å². The molecule has 2 atom stereocenters. The molecule has 8 heteroatoms. The minimum Gasteiger partial charge on any atom is -0.365 e. The predicted octanol–water partition coefficient (Wildman–Crippen LogP) is 3.06. The lowest BCUT2D eigenvalue weighted by Gasteiger charge is -2.29. The lowest BCUT2D eigenvalue weighted by atomic mass is 9.91. The number of primary amides is 1. The summed E-state index contributed by atoms with van der Waals surface area (Å²) in [5, 5.41) is 6.48. The molecule has 1 saturated carbocycles. The number of carbonyl (C=O) groups is 1. The number of nitrogens with two attached hydrogens (primary N) is 2. The average Bonchev–Trinajstić information content (AvgIpc) is 2.76. The van der Waals surface area contributed by atoms with Gasteiger partial charge in [0.05, 0.1) is 5.69 Å². The SMILES string of the molecule is NC(=O)c1cnc(N[C@@H]2CCCC[C@@H]2N)nc1Nc1ccc(-c2ccccn2)cc1. The Labute approximate surface area is 175 Å². The first-order chi connectivity index (χ1) is 14.6. The second-order valence-electron chi connectivity index (χ2n) is 7.44. The fourth-order valence-electron chi connectivity index (χ4n) is 3.63. The van der Waals surface area contributed by atoms with Gasteiger partial charge in [-0.2, -0.15) is 4.98 Å². The van der Waals surface area contributed by atoms with Crippen LogP contribution in [-0.2, 0) is 0 Å². The summed E-state index contributed by atoms with van der Waals surface area (Å²) in [5.74, 6) is 0.188. The number of nitrogens with zero attached hydrogens (tertiary/aromatic N) is 3. The van der Waals surface area contributed by atoms with E-state index >= 15 is 0 Å². The quantitative estimate of drug-likeness (QED) is 0.497. The van der Waals surface area contributed by atoms with Crippen LogP contribution in [0.1, 0.15) is 36.0 Å². The fraction of sp³-hybridized carbons (Fsp3) is 0.273. The Hall–Kier alpha value is -3.52. The van der Waals surface area contributed by atoms with Gasteiger partial charge in [0.1, 0.15) is 11.4 Å². The lowest BCUT2D eigenvalue weighted by Crippen LogP contribution is -2.43. The van der Waals surface area contributed by atoms with Gasteiger partial charge >= 0.3 is 0 Å². The van der Waals surface area contributed by atoms with Gasteiger partial charge in [-0.3, -0.25) is 9.78 Å². The van der Waals surface area contributed by atoms with Gasteiger partial charge in [0, 0.05) is 35.7 Å². The van der Waals surface area contributed by atoms with Crippen molar-refractivity contribution < 1.29 is 4.79 Å². The maximum absolute atomic E-state index is 11.9. The van der Waals surface area contributed by atoms with Crippen molar-refractivity contribution in [2.45, 2.75) is 37.8 Å². The highest BCUT2D eigenvalue weighted by Crippen LogP contribution is 2.25. The van der Waals surface area contributed by atoms with Crippen LogP contribution in [0.3, 0.4) is 0 Å². The minimum absolute atomic E-state index is 0.0636. The smallest absolute Gasteiger partial charge is 0.254 e. The molecule has 30 heavy (non-hydrogen) atoms. The summed E-state index contributed by atoms with van der Waals surface area (Å²) in [6.07, 6.45) is 7.41. The third-order valence-corrected chi connectivity index (χ3v) is 5.30. The molecular formula is C22H25N7O. The van der Waals surface area contributed by atoms with Crippen LogP contribution >= 0.6 is 0 Å². The van der Waals surface area contributed by atoms with Gasteiger partial charge in [-0.1, -0.05) is 31.0 Å². The monoisotopic (exact) mass is 403 g/mol.